The van der Waals surface area contributed by atoms with Crippen LogP contribution in [0.1, 0.15) is 0 Å². The van der Waals surface area contributed by atoms with Crippen LogP contribution in [0.3, 0.4) is 0 Å². The van der Waals surface area contributed by atoms with Gasteiger partial charge in [-0.2, -0.15) is 0 Å². The van der Waals surface area contributed by atoms with Crippen molar-refractivity contribution in [1.82, 2.24) is 4.98 Å². The molecule has 0 fully saturated rings. The highest BCUT2D eigenvalue weighted by Gasteiger charge is 1.98. The minimum atomic E-state index is 1.03. The van der Waals surface area contributed by atoms with Gasteiger partial charge in [0.25, 0.3) is 0 Å². The molecule has 2 nitrogen and oxygen atoms in total. The molecule has 0 bridgehead atoms. The van der Waals surface area contributed by atoms with Crippen LogP contribution < -0.4 is 4.90 Å². The maximum absolute atomic E-state index is 4.11. The first-order valence-corrected chi connectivity index (χ1v) is 4.10. The van der Waals surface area contributed by atoms with E-state index in [1.165, 1.54) is 0 Å². The largest absolute Gasteiger partial charge is 0.354 e. The van der Waals surface area contributed by atoms with Gasteiger partial charge in [-0.15, -0.1) is 0 Å². The molecular formula is C5H7BrN2S. The normalized spacial score (nSPS) is 9.67. The summed E-state index contributed by atoms with van der Waals surface area (Å²) in [7, 11) is 3.95. The van der Waals surface area contributed by atoms with Gasteiger partial charge in [0.2, 0.25) is 0 Å². The molecule has 4 heteroatoms. The zero-order chi connectivity index (χ0) is 6.85. The molecule has 0 saturated carbocycles. The summed E-state index contributed by atoms with van der Waals surface area (Å²) < 4.78 is 1.08. The first kappa shape index (κ1) is 7.02. The fraction of sp³-hybridized carbons (Fsp3) is 0.400. The Labute approximate surface area is 66.6 Å². The predicted molar refractivity (Wildman–Crippen MR) is 44.1 cm³/mol. The van der Waals surface area contributed by atoms with E-state index in [0.29, 0.717) is 0 Å². The highest BCUT2D eigenvalue weighted by Crippen LogP contribution is 2.24. The van der Waals surface area contributed by atoms with Crippen LogP contribution >= 0.6 is 27.3 Å². The number of thiazole rings is 1. The summed E-state index contributed by atoms with van der Waals surface area (Å²) >= 11 is 4.96. The van der Waals surface area contributed by atoms with Crippen LogP contribution in [0.4, 0.5) is 5.13 Å². The molecule has 50 valence electrons. The van der Waals surface area contributed by atoms with E-state index in [1.807, 2.05) is 19.0 Å². The zero-order valence-corrected chi connectivity index (χ0v) is 7.66. The van der Waals surface area contributed by atoms with Crippen LogP contribution in [-0.2, 0) is 0 Å². The van der Waals surface area contributed by atoms with E-state index < -0.39 is 0 Å². The fourth-order valence-electron chi connectivity index (χ4n) is 0.453. The summed E-state index contributed by atoms with van der Waals surface area (Å²) in [5, 5.41) is 1.03. The third-order valence-electron chi connectivity index (χ3n) is 0.848. The minimum absolute atomic E-state index is 1.03. The van der Waals surface area contributed by atoms with Crippen molar-refractivity contribution in [3.8, 4) is 0 Å². The van der Waals surface area contributed by atoms with Crippen molar-refractivity contribution in [3.63, 3.8) is 0 Å². The van der Waals surface area contributed by atoms with E-state index in [1.54, 1.807) is 17.5 Å². The van der Waals surface area contributed by atoms with Gasteiger partial charge in [0.1, 0.15) is 0 Å². The second-order valence-electron chi connectivity index (χ2n) is 1.84. The molecule has 0 aliphatic carbocycles. The van der Waals surface area contributed by atoms with Crippen molar-refractivity contribution < 1.29 is 0 Å². The van der Waals surface area contributed by atoms with Gasteiger partial charge in [0.05, 0.1) is 9.98 Å². The van der Waals surface area contributed by atoms with Gasteiger partial charge in [0.15, 0.2) is 5.13 Å². The summed E-state index contributed by atoms with van der Waals surface area (Å²) in [6.45, 7) is 0. The Morgan fingerprint density at radius 2 is 2.33 bits per heavy atom. The van der Waals surface area contributed by atoms with Crippen LogP contribution in [0.2, 0.25) is 0 Å². The lowest BCUT2D eigenvalue weighted by Crippen LogP contribution is -2.07. The summed E-state index contributed by atoms with van der Waals surface area (Å²) in [5.41, 5.74) is 0. The van der Waals surface area contributed by atoms with Gasteiger partial charge in [-0.1, -0.05) is 11.3 Å². The van der Waals surface area contributed by atoms with Gasteiger partial charge in [-0.3, -0.25) is 0 Å². The molecule has 0 aliphatic heterocycles. The van der Waals surface area contributed by atoms with Crippen LogP contribution in [0.15, 0.2) is 9.98 Å². The van der Waals surface area contributed by atoms with Crippen LogP contribution in [0.5, 0.6) is 0 Å². The number of aromatic nitrogens is 1. The molecule has 0 aliphatic rings. The summed E-state index contributed by atoms with van der Waals surface area (Å²) in [5.74, 6) is 0. The first-order chi connectivity index (χ1) is 4.20. The molecule has 0 aromatic carbocycles. The van der Waals surface area contributed by atoms with E-state index in [-0.39, 0.29) is 0 Å². The molecule has 0 saturated heterocycles. The van der Waals surface area contributed by atoms with Gasteiger partial charge in [-0.25, -0.2) is 4.98 Å². The molecule has 0 spiro atoms. The molecule has 0 amide bonds. The predicted octanol–water partition coefficient (Wildman–Crippen LogP) is 1.97. The average molecular weight is 207 g/mol. The highest BCUT2D eigenvalue weighted by molar-refractivity contribution is 9.11. The molecule has 1 rings (SSSR count). The number of rotatable bonds is 1. The quantitative estimate of drug-likeness (QED) is 0.699. The third kappa shape index (κ3) is 1.66. The van der Waals surface area contributed by atoms with Crippen LogP contribution in [-0.4, -0.2) is 19.1 Å². The smallest absolute Gasteiger partial charge is 0.185 e. The Kier molecular flexibility index (Phi) is 2.08. The number of anilines is 1. The first-order valence-electron chi connectivity index (χ1n) is 2.49. The SMILES string of the molecule is CN(C)c1ncc(Br)s1. The molecule has 0 radical (unpaired) electrons. The average Bonchev–Trinajstić information content (AvgIpc) is 2.14. The van der Waals surface area contributed by atoms with Crippen molar-refractivity contribution >= 4 is 32.4 Å². The van der Waals surface area contributed by atoms with Gasteiger partial charge in [-0.05, 0) is 15.9 Å². The maximum Gasteiger partial charge on any atom is 0.185 e. The minimum Gasteiger partial charge on any atom is -0.354 e. The van der Waals surface area contributed by atoms with Crippen molar-refractivity contribution in [3.05, 3.63) is 9.98 Å². The Morgan fingerprint density at radius 1 is 1.67 bits per heavy atom. The Morgan fingerprint density at radius 3 is 2.56 bits per heavy atom. The van der Waals surface area contributed by atoms with Crippen molar-refractivity contribution in [2.75, 3.05) is 19.0 Å². The van der Waals surface area contributed by atoms with E-state index in [2.05, 4.69) is 20.9 Å². The number of halogens is 1. The molecule has 0 N–H and O–H groups in total. The van der Waals surface area contributed by atoms with Crippen LogP contribution in [0.25, 0.3) is 0 Å². The summed E-state index contributed by atoms with van der Waals surface area (Å²) in [4.78, 5) is 6.09. The van der Waals surface area contributed by atoms with E-state index in [9.17, 15) is 0 Å². The van der Waals surface area contributed by atoms with Gasteiger partial charge in [0, 0.05) is 14.1 Å². The Bertz CT molecular complexity index is 197. The zero-order valence-electron chi connectivity index (χ0n) is 5.26. The lowest BCUT2D eigenvalue weighted by Gasteiger charge is -2.04. The van der Waals surface area contributed by atoms with Crippen molar-refractivity contribution in [2.24, 2.45) is 0 Å². The highest BCUT2D eigenvalue weighted by atomic mass is 79.9. The second kappa shape index (κ2) is 2.66. The van der Waals surface area contributed by atoms with Crippen molar-refractivity contribution in [2.45, 2.75) is 0 Å². The Balaban J connectivity index is 2.85. The van der Waals surface area contributed by atoms with Crippen molar-refractivity contribution in [1.29, 1.82) is 0 Å². The lowest BCUT2D eigenvalue weighted by molar-refractivity contribution is 1.10. The number of nitrogens with zero attached hydrogens (tertiary/aromatic N) is 2. The number of hydrogen-bond donors (Lipinski definition) is 0. The maximum atomic E-state index is 4.11. The molecular weight excluding hydrogens is 200 g/mol. The van der Waals surface area contributed by atoms with Gasteiger partial charge < -0.3 is 4.90 Å². The van der Waals surface area contributed by atoms with E-state index in [0.717, 1.165) is 8.92 Å². The fourth-order valence-corrected chi connectivity index (χ4v) is 1.56. The monoisotopic (exact) mass is 206 g/mol. The molecule has 0 atom stereocenters. The number of hydrogen-bond acceptors (Lipinski definition) is 3. The standard InChI is InChI=1S/C5H7BrN2S/c1-8(2)5-7-3-4(6)9-5/h3H,1-2H3. The Hall–Kier alpha value is -0.0900. The molecule has 1 heterocycles. The lowest BCUT2D eigenvalue weighted by atomic mass is 10.9. The summed E-state index contributed by atoms with van der Waals surface area (Å²) in [6, 6.07) is 0. The van der Waals surface area contributed by atoms with Crippen LogP contribution in [0, 0.1) is 0 Å². The van der Waals surface area contributed by atoms with E-state index in [4.69, 9.17) is 0 Å². The molecule has 1 aromatic rings. The third-order valence-corrected chi connectivity index (χ3v) is 2.49. The summed E-state index contributed by atoms with van der Waals surface area (Å²) in [6.07, 6.45) is 1.81. The molecule has 1 aromatic heterocycles. The molecule has 9 heavy (non-hydrogen) atoms. The molecule has 0 unspecified atom stereocenters. The second-order valence-corrected chi connectivity index (χ2v) is 4.23. The van der Waals surface area contributed by atoms with E-state index >= 15 is 0 Å². The topological polar surface area (TPSA) is 16.1 Å². The van der Waals surface area contributed by atoms with Gasteiger partial charge >= 0.3 is 0 Å².